The summed E-state index contributed by atoms with van der Waals surface area (Å²) in [6.45, 7) is 5.76. The van der Waals surface area contributed by atoms with Gasteiger partial charge in [0.25, 0.3) is 0 Å². The minimum Gasteiger partial charge on any atom is -0.340 e. The number of hydrogen-bond donors (Lipinski definition) is 0. The zero-order valence-corrected chi connectivity index (χ0v) is 14.4. The van der Waals surface area contributed by atoms with E-state index in [2.05, 4.69) is 24.2 Å². The molecule has 0 N–H and O–H groups in total. The fourth-order valence-corrected chi connectivity index (χ4v) is 2.60. The van der Waals surface area contributed by atoms with E-state index >= 15 is 0 Å². The fraction of sp³-hybridized carbons (Fsp3) is 0.412. The van der Waals surface area contributed by atoms with Gasteiger partial charge in [0, 0.05) is 13.6 Å². The summed E-state index contributed by atoms with van der Waals surface area (Å²) in [5, 5.41) is 15.1. The van der Waals surface area contributed by atoms with E-state index in [0.717, 1.165) is 12.0 Å². The van der Waals surface area contributed by atoms with Crippen molar-refractivity contribution in [1.82, 2.24) is 14.7 Å². The van der Waals surface area contributed by atoms with Crippen molar-refractivity contribution in [3.63, 3.8) is 0 Å². The topological polar surface area (TPSA) is 81.3 Å². The highest BCUT2D eigenvalue weighted by molar-refractivity contribution is 5.75. The second-order valence-electron chi connectivity index (χ2n) is 5.85. The number of nitro groups is 1. The Morgan fingerprint density at radius 2 is 1.83 bits per heavy atom. The summed E-state index contributed by atoms with van der Waals surface area (Å²) in [6, 6.07) is 8.13. The van der Waals surface area contributed by atoms with Crippen molar-refractivity contribution in [3.05, 3.63) is 56.9 Å². The molecule has 0 aliphatic rings. The van der Waals surface area contributed by atoms with E-state index in [1.54, 1.807) is 25.8 Å². The average Bonchev–Trinajstić information content (AvgIpc) is 2.81. The molecule has 0 radical (unpaired) electrons. The van der Waals surface area contributed by atoms with Gasteiger partial charge >= 0.3 is 5.69 Å². The number of amides is 1. The van der Waals surface area contributed by atoms with Crippen molar-refractivity contribution in [2.75, 3.05) is 7.05 Å². The van der Waals surface area contributed by atoms with Crippen LogP contribution in [0.3, 0.4) is 0 Å². The first-order valence-corrected chi connectivity index (χ1v) is 7.83. The number of aromatic nitrogens is 2. The average molecular weight is 330 g/mol. The maximum Gasteiger partial charge on any atom is 0.312 e. The van der Waals surface area contributed by atoms with Gasteiger partial charge in [-0.1, -0.05) is 31.2 Å². The molecule has 0 spiro atoms. The van der Waals surface area contributed by atoms with Crippen LogP contribution in [-0.4, -0.2) is 32.6 Å². The van der Waals surface area contributed by atoms with Gasteiger partial charge in [-0.2, -0.15) is 5.10 Å². The van der Waals surface area contributed by atoms with Crippen molar-refractivity contribution >= 4 is 11.6 Å². The Bertz CT molecular complexity index is 750. The number of rotatable bonds is 6. The van der Waals surface area contributed by atoms with E-state index in [9.17, 15) is 14.9 Å². The lowest BCUT2D eigenvalue weighted by Gasteiger charge is -2.18. The van der Waals surface area contributed by atoms with E-state index < -0.39 is 4.92 Å². The zero-order valence-electron chi connectivity index (χ0n) is 14.4. The smallest absolute Gasteiger partial charge is 0.312 e. The van der Waals surface area contributed by atoms with Crippen LogP contribution in [-0.2, 0) is 24.3 Å². The zero-order chi connectivity index (χ0) is 17.9. The first-order chi connectivity index (χ1) is 11.3. The van der Waals surface area contributed by atoms with Crippen LogP contribution in [0, 0.1) is 24.0 Å². The monoisotopic (exact) mass is 330 g/mol. The minimum atomic E-state index is -0.461. The Morgan fingerprint density at radius 3 is 2.33 bits per heavy atom. The van der Waals surface area contributed by atoms with E-state index in [1.165, 1.54) is 10.2 Å². The van der Waals surface area contributed by atoms with Gasteiger partial charge in [-0.05, 0) is 31.4 Å². The molecule has 24 heavy (non-hydrogen) atoms. The van der Waals surface area contributed by atoms with Gasteiger partial charge in [-0.25, -0.2) is 0 Å². The van der Waals surface area contributed by atoms with Crippen molar-refractivity contribution < 1.29 is 9.72 Å². The molecule has 2 aromatic rings. The van der Waals surface area contributed by atoms with Crippen LogP contribution in [0.5, 0.6) is 0 Å². The summed E-state index contributed by atoms with van der Waals surface area (Å²) in [4.78, 5) is 24.5. The largest absolute Gasteiger partial charge is 0.340 e. The summed E-state index contributed by atoms with van der Waals surface area (Å²) < 4.78 is 1.40. The lowest BCUT2D eigenvalue weighted by atomic mass is 10.1. The summed E-state index contributed by atoms with van der Waals surface area (Å²) in [7, 11) is 1.72. The molecule has 1 aromatic heterocycles. The van der Waals surface area contributed by atoms with E-state index in [1.807, 2.05) is 12.1 Å². The molecule has 1 amide bonds. The molecule has 1 aromatic carbocycles. The van der Waals surface area contributed by atoms with Gasteiger partial charge in [-0.3, -0.25) is 19.6 Å². The first kappa shape index (κ1) is 17.7. The molecule has 0 fully saturated rings. The van der Waals surface area contributed by atoms with Gasteiger partial charge < -0.3 is 4.90 Å². The summed E-state index contributed by atoms with van der Waals surface area (Å²) in [5.74, 6) is -0.143. The molecule has 0 saturated carbocycles. The molecule has 0 aliphatic carbocycles. The maximum absolute atomic E-state index is 12.4. The van der Waals surface area contributed by atoms with Crippen LogP contribution in [0.2, 0.25) is 0 Å². The molecule has 7 heteroatoms. The number of likely N-dealkylation sites (N-methyl/N-ethyl adjacent to an activating group) is 1. The molecule has 0 atom stereocenters. The molecule has 1 heterocycles. The summed E-state index contributed by atoms with van der Waals surface area (Å²) >= 11 is 0. The van der Waals surface area contributed by atoms with Gasteiger partial charge in [0.2, 0.25) is 5.91 Å². The molecular weight excluding hydrogens is 308 g/mol. The third-order valence-electron chi connectivity index (χ3n) is 4.09. The third-order valence-corrected chi connectivity index (χ3v) is 4.09. The highest BCUT2D eigenvalue weighted by Crippen LogP contribution is 2.21. The molecule has 0 saturated heterocycles. The minimum absolute atomic E-state index is 0.00986. The lowest BCUT2D eigenvalue weighted by molar-refractivity contribution is -0.386. The maximum atomic E-state index is 12.4. The number of aryl methyl sites for hydroxylation is 2. The Morgan fingerprint density at radius 1 is 1.25 bits per heavy atom. The van der Waals surface area contributed by atoms with Crippen LogP contribution in [0.25, 0.3) is 0 Å². The van der Waals surface area contributed by atoms with Gasteiger partial charge in [0.05, 0.1) is 4.92 Å². The summed E-state index contributed by atoms with van der Waals surface area (Å²) in [6.07, 6.45) is 0.978. The lowest BCUT2D eigenvalue weighted by Crippen LogP contribution is -2.30. The predicted molar refractivity (Wildman–Crippen MR) is 90.6 cm³/mol. The SMILES string of the molecule is CCc1ccc(CN(C)C(=O)Cn2nc(C)c([N+](=O)[O-])c2C)cc1. The third kappa shape index (κ3) is 3.79. The fourth-order valence-electron chi connectivity index (χ4n) is 2.60. The standard InChI is InChI=1S/C17H22N4O3/c1-5-14-6-8-15(9-7-14)10-19(4)16(22)11-20-13(3)17(21(23)24)12(2)18-20/h6-9H,5,10-11H2,1-4H3. The Labute approximate surface area is 141 Å². The molecule has 128 valence electrons. The summed E-state index contributed by atoms with van der Waals surface area (Å²) in [5.41, 5.74) is 2.99. The second-order valence-corrected chi connectivity index (χ2v) is 5.85. The quantitative estimate of drug-likeness (QED) is 0.602. The molecule has 0 bridgehead atoms. The molecule has 2 rings (SSSR count). The van der Waals surface area contributed by atoms with Crippen molar-refractivity contribution in [2.24, 2.45) is 0 Å². The number of benzene rings is 1. The Hall–Kier alpha value is -2.70. The van der Waals surface area contributed by atoms with E-state index in [0.29, 0.717) is 17.9 Å². The number of hydrogen-bond acceptors (Lipinski definition) is 4. The van der Waals surface area contributed by atoms with Crippen LogP contribution in [0.1, 0.15) is 29.4 Å². The van der Waals surface area contributed by atoms with Crippen molar-refractivity contribution in [2.45, 2.75) is 40.3 Å². The van der Waals surface area contributed by atoms with Crippen LogP contribution < -0.4 is 0 Å². The molecule has 7 nitrogen and oxygen atoms in total. The van der Waals surface area contributed by atoms with Crippen molar-refractivity contribution in [1.29, 1.82) is 0 Å². The van der Waals surface area contributed by atoms with Crippen molar-refractivity contribution in [3.8, 4) is 0 Å². The van der Waals surface area contributed by atoms with E-state index in [4.69, 9.17) is 0 Å². The molecular formula is C17H22N4O3. The van der Waals surface area contributed by atoms with Crippen LogP contribution in [0.15, 0.2) is 24.3 Å². The van der Waals surface area contributed by atoms with E-state index in [-0.39, 0.29) is 18.1 Å². The second kappa shape index (κ2) is 7.25. The van der Waals surface area contributed by atoms with Crippen LogP contribution >= 0.6 is 0 Å². The number of carbonyl (C=O) groups is 1. The Kier molecular flexibility index (Phi) is 5.33. The van der Waals surface area contributed by atoms with Crippen LogP contribution in [0.4, 0.5) is 5.69 Å². The van der Waals surface area contributed by atoms with Gasteiger partial charge in [0.15, 0.2) is 0 Å². The number of carbonyl (C=O) groups excluding carboxylic acids is 1. The molecule has 0 unspecified atom stereocenters. The Balaban J connectivity index is 2.06. The highest BCUT2D eigenvalue weighted by Gasteiger charge is 2.23. The van der Waals surface area contributed by atoms with Gasteiger partial charge in [0.1, 0.15) is 17.9 Å². The normalized spacial score (nSPS) is 10.7. The molecule has 0 aliphatic heterocycles. The number of nitrogens with zero attached hydrogens (tertiary/aromatic N) is 4. The predicted octanol–water partition coefficient (Wildman–Crippen LogP) is 2.63. The highest BCUT2D eigenvalue weighted by atomic mass is 16.6. The first-order valence-electron chi connectivity index (χ1n) is 7.83. The van der Waals surface area contributed by atoms with Gasteiger partial charge in [-0.15, -0.1) is 0 Å².